The fourth-order valence-electron chi connectivity index (χ4n) is 2.09. The Kier molecular flexibility index (Phi) is 3.19. The second-order valence-corrected chi connectivity index (χ2v) is 4.38. The normalized spacial score (nSPS) is 24.4. The van der Waals surface area contributed by atoms with Crippen LogP contribution < -0.4 is 11.1 Å². The van der Waals surface area contributed by atoms with Crippen LogP contribution in [0, 0.1) is 12.8 Å². The molecular weight excluding hydrogens is 202 g/mol. The second kappa shape index (κ2) is 4.61. The van der Waals surface area contributed by atoms with Crippen LogP contribution in [0.2, 0.25) is 0 Å². The lowest BCUT2D eigenvalue weighted by Crippen LogP contribution is -2.34. The summed E-state index contributed by atoms with van der Waals surface area (Å²) in [5.41, 5.74) is 7.57. The molecule has 1 aliphatic carbocycles. The average Bonchev–Trinajstić information content (AvgIpc) is 2.68. The third kappa shape index (κ3) is 2.39. The number of carbonyl (C=O) groups is 1. The van der Waals surface area contributed by atoms with Crippen molar-refractivity contribution in [3.05, 3.63) is 24.0 Å². The van der Waals surface area contributed by atoms with E-state index >= 15 is 0 Å². The summed E-state index contributed by atoms with van der Waals surface area (Å²) in [5, 5.41) is 2.86. The zero-order chi connectivity index (χ0) is 11.5. The maximum atomic E-state index is 11.9. The first kappa shape index (κ1) is 11.1. The number of rotatable bonds is 2. The number of aromatic nitrogens is 1. The number of pyridine rings is 1. The van der Waals surface area contributed by atoms with Crippen molar-refractivity contribution in [1.29, 1.82) is 0 Å². The highest BCUT2D eigenvalue weighted by Crippen LogP contribution is 2.25. The highest BCUT2D eigenvalue weighted by molar-refractivity contribution is 5.93. The third-order valence-corrected chi connectivity index (χ3v) is 3.09. The van der Waals surface area contributed by atoms with E-state index < -0.39 is 0 Å². The molecule has 0 aromatic carbocycles. The minimum atomic E-state index is -0.0405. The summed E-state index contributed by atoms with van der Waals surface area (Å²) in [7, 11) is 0. The SMILES string of the molecule is Cc1ccc(NC(=O)C2CCCC2N)cn1. The Bertz CT molecular complexity index is 374. The molecule has 0 radical (unpaired) electrons. The molecule has 16 heavy (non-hydrogen) atoms. The summed E-state index contributed by atoms with van der Waals surface area (Å²) in [5.74, 6) is -0.0167. The Balaban J connectivity index is 1.99. The molecule has 1 aromatic rings. The Morgan fingerprint density at radius 3 is 2.88 bits per heavy atom. The zero-order valence-corrected chi connectivity index (χ0v) is 9.44. The van der Waals surface area contributed by atoms with E-state index in [1.807, 2.05) is 19.1 Å². The molecule has 86 valence electrons. The molecule has 1 aromatic heterocycles. The van der Waals surface area contributed by atoms with Gasteiger partial charge in [-0.2, -0.15) is 0 Å². The van der Waals surface area contributed by atoms with Crippen molar-refractivity contribution < 1.29 is 4.79 Å². The molecular formula is C12H17N3O. The molecule has 1 fully saturated rings. The van der Waals surface area contributed by atoms with Crippen molar-refractivity contribution >= 4 is 11.6 Å². The van der Waals surface area contributed by atoms with Gasteiger partial charge >= 0.3 is 0 Å². The molecule has 1 saturated carbocycles. The number of hydrogen-bond donors (Lipinski definition) is 2. The monoisotopic (exact) mass is 219 g/mol. The van der Waals surface area contributed by atoms with Crippen LogP contribution in [0.15, 0.2) is 18.3 Å². The summed E-state index contributed by atoms with van der Waals surface area (Å²) in [6.07, 6.45) is 4.57. The molecule has 2 unspecified atom stereocenters. The van der Waals surface area contributed by atoms with Crippen LogP contribution in [0.25, 0.3) is 0 Å². The van der Waals surface area contributed by atoms with Gasteiger partial charge in [0.05, 0.1) is 17.8 Å². The number of nitrogens with one attached hydrogen (secondary N) is 1. The van der Waals surface area contributed by atoms with Crippen LogP contribution in [0.5, 0.6) is 0 Å². The van der Waals surface area contributed by atoms with Crippen LogP contribution >= 0.6 is 0 Å². The number of amides is 1. The number of hydrogen-bond acceptors (Lipinski definition) is 3. The summed E-state index contributed by atoms with van der Waals surface area (Å²) < 4.78 is 0. The second-order valence-electron chi connectivity index (χ2n) is 4.38. The van der Waals surface area contributed by atoms with Gasteiger partial charge in [0.25, 0.3) is 0 Å². The summed E-state index contributed by atoms with van der Waals surface area (Å²) >= 11 is 0. The van der Waals surface area contributed by atoms with Crippen LogP contribution in [0.1, 0.15) is 25.0 Å². The van der Waals surface area contributed by atoms with Crippen molar-refractivity contribution in [3.63, 3.8) is 0 Å². The molecule has 0 aliphatic heterocycles. The number of nitrogens with zero attached hydrogens (tertiary/aromatic N) is 1. The van der Waals surface area contributed by atoms with E-state index in [1.165, 1.54) is 0 Å². The van der Waals surface area contributed by atoms with E-state index in [-0.39, 0.29) is 17.9 Å². The molecule has 2 atom stereocenters. The lowest BCUT2D eigenvalue weighted by molar-refractivity contribution is -0.120. The van der Waals surface area contributed by atoms with E-state index in [2.05, 4.69) is 10.3 Å². The highest BCUT2D eigenvalue weighted by atomic mass is 16.1. The fraction of sp³-hybridized carbons (Fsp3) is 0.500. The molecule has 0 saturated heterocycles. The lowest BCUT2D eigenvalue weighted by Gasteiger charge is -2.14. The molecule has 4 nitrogen and oxygen atoms in total. The van der Waals surface area contributed by atoms with Crippen LogP contribution in [-0.2, 0) is 4.79 Å². The Labute approximate surface area is 95.3 Å². The van der Waals surface area contributed by atoms with Crippen molar-refractivity contribution in [2.24, 2.45) is 11.7 Å². The van der Waals surface area contributed by atoms with Crippen LogP contribution in [0.3, 0.4) is 0 Å². The van der Waals surface area contributed by atoms with Crippen LogP contribution in [0.4, 0.5) is 5.69 Å². The zero-order valence-electron chi connectivity index (χ0n) is 9.44. The van der Waals surface area contributed by atoms with Crippen LogP contribution in [-0.4, -0.2) is 16.9 Å². The minimum absolute atomic E-state index is 0.0124. The van der Waals surface area contributed by atoms with Crippen molar-refractivity contribution in [2.45, 2.75) is 32.2 Å². The smallest absolute Gasteiger partial charge is 0.229 e. The molecule has 1 amide bonds. The van der Waals surface area contributed by atoms with Gasteiger partial charge in [0.15, 0.2) is 0 Å². The molecule has 1 heterocycles. The van der Waals surface area contributed by atoms with Gasteiger partial charge in [-0.1, -0.05) is 6.42 Å². The quantitative estimate of drug-likeness (QED) is 0.791. The first-order valence-electron chi connectivity index (χ1n) is 5.66. The summed E-state index contributed by atoms with van der Waals surface area (Å²) in [6.45, 7) is 1.92. The van der Waals surface area contributed by atoms with E-state index in [1.54, 1.807) is 6.20 Å². The summed E-state index contributed by atoms with van der Waals surface area (Å²) in [6, 6.07) is 3.75. The first-order chi connectivity index (χ1) is 7.66. The maximum absolute atomic E-state index is 11.9. The third-order valence-electron chi connectivity index (χ3n) is 3.09. The van der Waals surface area contributed by atoms with E-state index in [0.717, 1.165) is 30.6 Å². The predicted molar refractivity (Wildman–Crippen MR) is 62.9 cm³/mol. The number of nitrogens with two attached hydrogens (primary N) is 1. The van der Waals surface area contributed by atoms with Gasteiger partial charge in [-0.25, -0.2) is 0 Å². The van der Waals surface area contributed by atoms with Gasteiger partial charge < -0.3 is 11.1 Å². The topological polar surface area (TPSA) is 68.0 Å². The van der Waals surface area contributed by atoms with Gasteiger partial charge in [-0.3, -0.25) is 9.78 Å². The molecule has 0 spiro atoms. The molecule has 4 heteroatoms. The lowest BCUT2D eigenvalue weighted by atomic mass is 10.0. The molecule has 2 rings (SSSR count). The standard InChI is InChI=1S/C12H17N3O/c1-8-5-6-9(7-14-8)15-12(16)10-3-2-4-11(10)13/h5-7,10-11H,2-4,13H2,1H3,(H,15,16). The van der Waals surface area contributed by atoms with Gasteiger partial charge in [0, 0.05) is 11.7 Å². The Morgan fingerprint density at radius 1 is 1.50 bits per heavy atom. The van der Waals surface area contributed by atoms with Crippen molar-refractivity contribution in [1.82, 2.24) is 4.98 Å². The number of aryl methyl sites for hydroxylation is 1. The highest BCUT2D eigenvalue weighted by Gasteiger charge is 2.30. The molecule has 3 N–H and O–H groups in total. The van der Waals surface area contributed by atoms with E-state index in [0.29, 0.717) is 0 Å². The Hall–Kier alpha value is -1.42. The molecule has 0 bridgehead atoms. The van der Waals surface area contributed by atoms with E-state index in [4.69, 9.17) is 5.73 Å². The van der Waals surface area contributed by atoms with Gasteiger partial charge in [0.1, 0.15) is 0 Å². The predicted octanol–water partition coefficient (Wildman–Crippen LogP) is 1.46. The van der Waals surface area contributed by atoms with Gasteiger partial charge in [-0.15, -0.1) is 0 Å². The minimum Gasteiger partial charge on any atom is -0.327 e. The summed E-state index contributed by atoms with van der Waals surface area (Å²) in [4.78, 5) is 16.0. The number of carbonyl (C=O) groups excluding carboxylic acids is 1. The van der Waals surface area contributed by atoms with E-state index in [9.17, 15) is 4.79 Å². The Morgan fingerprint density at radius 2 is 2.31 bits per heavy atom. The fourth-order valence-corrected chi connectivity index (χ4v) is 2.09. The van der Waals surface area contributed by atoms with Crippen molar-refractivity contribution in [3.8, 4) is 0 Å². The molecule has 1 aliphatic rings. The largest absolute Gasteiger partial charge is 0.327 e. The van der Waals surface area contributed by atoms with Gasteiger partial charge in [-0.05, 0) is 31.9 Å². The van der Waals surface area contributed by atoms with Gasteiger partial charge in [0.2, 0.25) is 5.91 Å². The maximum Gasteiger partial charge on any atom is 0.229 e. The number of anilines is 1. The first-order valence-corrected chi connectivity index (χ1v) is 5.66. The average molecular weight is 219 g/mol. The van der Waals surface area contributed by atoms with Crippen molar-refractivity contribution in [2.75, 3.05) is 5.32 Å².